The molecule has 0 unspecified atom stereocenters. The van der Waals surface area contributed by atoms with Crippen LogP contribution in [0, 0.1) is 11.6 Å². The first-order valence-electron chi connectivity index (χ1n) is 8.89. The van der Waals surface area contributed by atoms with E-state index in [1.165, 1.54) is 50.3 Å². The molecule has 6 heteroatoms. The molecule has 0 fully saturated rings. The minimum absolute atomic E-state index is 0.0455. The number of sulfone groups is 1. The van der Waals surface area contributed by atoms with Crippen LogP contribution in [0.3, 0.4) is 0 Å². The highest BCUT2D eigenvalue weighted by Crippen LogP contribution is 2.31. The molecule has 150 valence electrons. The summed E-state index contributed by atoms with van der Waals surface area (Å²) in [6, 6.07) is 15.7. The van der Waals surface area contributed by atoms with Crippen molar-refractivity contribution in [2.75, 3.05) is 0 Å². The van der Waals surface area contributed by atoms with Crippen LogP contribution in [0.15, 0.2) is 76.5 Å². The van der Waals surface area contributed by atoms with Gasteiger partial charge in [0.1, 0.15) is 11.6 Å². The number of rotatable bonds is 5. The summed E-state index contributed by atoms with van der Waals surface area (Å²) in [5.41, 5.74) is -0.118. The predicted octanol–water partition coefficient (Wildman–Crippen LogP) is 5.20. The first-order chi connectivity index (χ1) is 13.6. The van der Waals surface area contributed by atoms with Crippen LogP contribution < -0.4 is 0 Å². The van der Waals surface area contributed by atoms with E-state index < -0.39 is 27.1 Å². The maximum absolute atomic E-state index is 13.7. The zero-order valence-electron chi connectivity index (χ0n) is 15.9. The summed E-state index contributed by atoms with van der Waals surface area (Å²) in [6.07, 6.45) is 3.10. The Hall–Kier alpha value is -2.83. The van der Waals surface area contributed by atoms with E-state index >= 15 is 0 Å². The molecule has 0 aliphatic rings. The summed E-state index contributed by atoms with van der Waals surface area (Å²) >= 11 is 0. The van der Waals surface area contributed by atoms with E-state index in [2.05, 4.69) is 0 Å². The number of halogens is 2. The Bertz CT molecular complexity index is 1160. The average Bonchev–Trinajstić information content (AvgIpc) is 2.67. The summed E-state index contributed by atoms with van der Waals surface area (Å²) < 4.78 is 52.8. The summed E-state index contributed by atoms with van der Waals surface area (Å²) in [5, 5.41) is 10.3. The van der Waals surface area contributed by atoms with Gasteiger partial charge in [0.25, 0.3) is 0 Å². The minimum Gasteiger partial charge on any atom is -0.386 e. The lowest BCUT2D eigenvalue weighted by Gasteiger charge is -2.21. The summed E-state index contributed by atoms with van der Waals surface area (Å²) in [5.74, 6) is -1.33. The van der Waals surface area contributed by atoms with Crippen LogP contribution in [0.1, 0.15) is 30.5 Å². The van der Waals surface area contributed by atoms with Crippen molar-refractivity contribution < 1.29 is 22.3 Å². The monoisotopic (exact) mass is 414 g/mol. The summed E-state index contributed by atoms with van der Waals surface area (Å²) in [6.45, 7) is 3.06. The molecule has 0 bridgehead atoms. The molecule has 0 saturated carbocycles. The molecule has 1 N–H and O–H groups in total. The molecule has 0 aliphatic heterocycles. The van der Waals surface area contributed by atoms with Crippen molar-refractivity contribution in [3.8, 4) is 0 Å². The molecule has 0 atom stereocenters. The molecule has 29 heavy (non-hydrogen) atoms. The predicted molar refractivity (Wildman–Crippen MR) is 109 cm³/mol. The molecule has 0 radical (unpaired) electrons. The Morgan fingerprint density at radius 2 is 1.55 bits per heavy atom. The molecule has 0 aliphatic carbocycles. The van der Waals surface area contributed by atoms with Crippen LogP contribution in [0.2, 0.25) is 0 Å². The molecule has 0 amide bonds. The molecule has 0 spiro atoms. The van der Waals surface area contributed by atoms with Crippen LogP contribution in [-0.4, -0.2) is 13.5 Å². The number of aliphatic hydroxyl groups is 1. The summed E-state index contributed by atoms with van der Waals surface area (Å²) in [7, 11) is -3.83. The Balaban J connectivity index is 1.91. The van der Waals surface area contributed by atoms with Crippen molar-refractivity contribution in [1.29, 1.82) is 0 Å². The lowest BCUT2D eigenvalue weighted by atomic mass is 9.99. The Labute approximate surface area is 168 Å². The van der Waals surface area contributed by atoms with Crippen molar-refractivity contribution >= 4 is 22.0 Å². The van der Waals surface area contributed by atoms with Crippen molar-refractivity contribution in [2.24, 2.45) is 0 Å². The Morgan fingerprint density at radius 3 is 2.17 bits per heavy atom. The standard InChI is InChI=1S/C23H20F2O3S/c1-23(2,26)20-5-3-4-6-22(20)29(27,28)19-13-8-16(9-14-19)7-10-17-11-12-18(24)15-21(17)25/h3-15,26H,1-2H3. The smallest absolute Gasteiger partial charge is 0.206 e. The highest BCUT2D eigenvalue weighted by Gasteiger charge is 2.27. The second-order valence-electron chi connectivity index (χ2n) is 7.13. The number of hydrogen-bond donors (Lipinski definition) is 1. The van der Waals surface area contributed by atoms with Gasteiger partial charge in [-0.1, -0.05) is 42.5 Å². The van der Waals surface area contributed by atoms with E-state index in [0.717, 1.165) is 6.07 Å². The molecule has 3 nitrogen and oxygen atoms in total. The van der Waals surface area contributed by atoms with E-state index in [-0.39, 0.29) is 15.4 Å². The summed E-state index contributed by atoms with van der Waals surface area (Å²) in [4.78, 5) is 0.128. The molecule has 3 aromatic rings. The van der Waals surface area contributed by atoms with E-state index in [4.69, 9.17) is 0 Å². The van der Waals surface area contributed by atoms with Crippen molar-refractivity contribution in [3.05, 3.63) is 95.1 Å². The number of benzene rings is 3. The first kappa shape index (κ1) is 20.9. The van der Waals surface area contributed by atoms with Crippen LogP contribution in [0.4, 0.5) is 8.78 Å². The van der Waals surface area contributed by atoms with Gasteiger partial charge in [-0.05, 0) is 49.7 Å². The van der Waals surface area contributed by atoms with E-state index in [9.17, 15) is 22.3 Å². The molecular formula is C23H20F2O3S. The van der Waals surface area contributed by atoms with Crippen LogP contribution in [0.5, 0.6) is 0 Å². The third-order valence-corrected chi connectivity index (χ3v) is 6.27. The topological polar surface area (TPSA) is 54.4 Å². The molecule has 0 heterocycles. The van der Waals surface area contributed by atoms with Crippen molar-refractivity contribution in [2.45, 2.75) is 29.2 Å². The van der Waals surface area contributed by atoms with Gasteiger partial charge >= 0.3 is 0 Å². The van der Waals surface area contributed by atoms with Gasteiger partial charge in [0.15, 0.2) is 0 Å². The van der Waals surface area contributed by atoms with E-state index in [1.54, 1.807) is 36.4 Å². The highest BCUT2D eigenvalue weighted by molar-refractivity contribution is 7.91. The van der Waals surface area contributed by atoms with Crippen LogP contribution in [-0.2, 0) is 15.4 Å². The fourth-order valence-electron chi connectivity index (χ4n) is 2.91. The van der Waals surface area contributed by atoms with Gasteiger partial charge in [0, 0.05) is 17.2 Å². The lowest BCUT2D eigenvalue weighted by molar-refractivity contribution is 0.0755. The van der Waals surface area contributed by atoms with E-state index in [1.807, 2.05) is 0 Å². The SMILES string of the molecule is CC(C)(O)c1ccccc1S(=O)(=O)c1ccc(C=Cc2ccc(F)cc2F)cc1. The first-order valence-corrected chi connectivity index (χ1v) is 10.4. The van der Waals surface area contributed by atoms with Gasteiger partial charge in [-0.2, -0.15) is 0 Å². The fraction of sp³-hybridized carbons (Fsp3) is 0.130. The quantitative estimate of drug-likeness (QED) is 0.584. The largest absolute Gasteiger partial charge is 0.386 e. The average molecular weight is 414 g/mol. The zero-order chi connectivity index (χ0) is 21.2. The highest BCUT2D eigenvalue weighted by atomic mass is 32.2. The molecule has 0 saturated heterocycles. The molecule has 0 aromatic heterocycles. The maximum atomic E-state index is 13.7. The van der Waals surface area contributed by atoms with Crippen molar-refractivity contribution in [1.82, 2.24) is 0 Å². The lowest BCUT2D eigenvalue weighted by Crippen LogP contribution is -2.20. The van der Waals surface area contributed by atoms with Crippen LogP contribution in [0.25, 0.3) is 12.2 Å². The Kier molecular flexibility index (Phi) is 5.68. The fourth-order valence-corrected chi connectivity index (χ4v) is 4.53. The van der Waals surface area contributed by atoms with Gasteiger partial charge in [-0.25, -0.2) is 17.2 Å². The zero-order valence-corrected chi connectivity index (χ0v) is 16.7. The molecule has 3 rings (SSSR count). The van der Waals surface area contributed by atoms with Gasteiger partial charge in [0.05, 0.1) is 15.4 Å². The van der Waals surface area contributed by atoms with Gasteiger partial charge in [-0.3, -0.25) is 0 Å². The van der Waals surface area contributed by atoms with E-state index in [0.29, 0.717) is 11.1 Å². The van der Waals surface area contributed by atoms with Crippen LogP contribution >= 0.6 is 0 Å². The van der Waals surface area contributed by atoms with Gasteiger partial charge < -0.3 is 5.11 Å². The maximum Gasteiger partial charge on any atom is 0.206 e. The number of hydrogen-bond acceptors (Lipinski definition) is 3. The second-order valence-corrected chi connectivity index (χ2v) is 9.04. The van der Waals surface area contributed by atoms with Crippen molar-refractivity contribution in [3.63, 3.8) is 0 Å². The Morgan fingerprint density at radius 1 is 0.897 bits per heavy atom. The minimum atomic E-state index is -3.83. The third-order valence-electron chi connectivity index (χ3n) is 4.44. The molecule has 3 aromatic carbocycles. The second kappa shape index (κ2) is 7.89. The third kappa shape index (κ3) is 4.60. The normalized spacial score (nSPS) is 12.4. The van der Waals surface area contributed by atoms with Gasteiger partial charge in [0.2, 0.25) is 9.84 Å². The van der Waals surface area contributed by atoms with Gasteiger partial charge in [-0.15, -0.1) is 0 Å². The molecular weight excluding hydrogens is 394 g/mol.